The highest BCUT2D eigenvalue weighted by Crippen LogP contribution is 2.39. The third-order valence-corrected chi connectivity index (χ3v) is 8.85. The number of carboxylic acids is 1. The first-order chi connectivity index (χ1) is 24.7. The Balaban J connectivity index is 0.000000604. The number of ether oxygens (including phenoxy) is 1. The summed E-state index contributed by atoms with van der Waals surface area (Å²) in [6, 6.07) is 23.8. The number of fused-ring (bicyclic) bond motifs is 4. The fourth-order valence-corrected chi connectivity index (χ4v) is 6.43. The number of nitrogens with two attached hydrogens (primary N) is 2. The summed E-state index contributed by atoms with van der Waals surface area (Å²) < 4.78 is 53.4. The predicted octanol–water partition coefficient (Wildman–Crippen LogP) is 6.81. The molecule has 0 unspecified atom stereocenters. The van der Waals surface area contributed by atoms with E-state index in [2.05, 4.69) is 33.1 Å². The minimum Gasteiger partial charge on any atom is -0.475 e. The molecule has 2 aromatic heterocycles. The highest BCUT2D eigenvalue weighted by molar-refractivity contribution is 6.15. The minimum absolute atomic E-state index is 0.0753. The lowest BCUT2D eigenvalue weighted by molar-refractivity contribution is -0.192. The van der Waals surface area contributed by atoms with Crippen molar-refractivity contribution in [3.8, 4) is 17.1 Å². The Morgan fingerprint density at radius 2 is 1.67 bits per heavy atom. The van der Waals surface area contributed by atoms with Gasteiger partial charge in [0.1, 0.15) is 23.8 Å². The number of nitrogens with zero attached hydrogens (tertiary/aromatic N) is 2. The van der Waals surface area contributed by atoms with Crippen molar-refractivity contribution in [3.05, 3.63) is 90.2 Å². The van der Waals surface area contributed by atoms with Crippen molar-refractivity contribution in [2.75, 3.05) is 5.32 Å². The number of aliphatic carboxylic acids is 1. The minimum atomic E-state index is -5.08. The second-order valence-corrected chi connectivity index (χ2v) is 12.5. The molecule has 0 saturated heterocycles. The maximum absolute atomic E-state index is 13.9. The number of alkyl halides is 3. The van der Waals surface area contributed by atoms with Crippen LogP contribution in [0.3, 0.4) is 0 Å². The number of H-pyrrole nitrogens is 1. The molecule has 7 N–H and O–H groups in total. The van der Waals surface area contributed by atoms with E-state index in [4.69, 9.17) is 31.1 Å². The highest BCUT2D eigenvalue weighted by atomic mass is 19.4. The molecule has 15 heteroatoms. The van der Waals surface area contributed by atoms with Gasteiger partial charge >= 0.3 is 18.1 Å². The molecule has 1 aliphatic carbocycles. The van der Waals surface area contributed by atoms with Crippen molar-refractivity contribution in [2.45, 2.75) is 57.0 Å². The summed E-state index contributed by atoms with van der Waals surface area (Å²) in [5, 5.41) is 12.7. The summed E-state index contributed by atoms with van der Waals surface area (Å²) >= 11 is 0. The van der Waals surface area contributed by atoms with Gasteiger partial charge in [-0.3, -0.25) is 9.59 Å². The number of hydrogen-bond acceptors (Lipinski definition) is 7. The SMILES string of the molecule is C[C@H](N)C(=O)OC1CCC(Nc2cc(-n3c4ccccc4c4c(-c5nc6ccc(F)cc6[nH]5)cccc43)ccc2C(N)=O)CC1.O=C(O)C(F)(F)F. The van der Waals surface area contributed by atoms with Gasteiger partial charge in [-0.1, -0.05) is 30.3 Å². The largest absolute Gasteiger partial charge is 0.490 e. The fourth-order valence-electron chi connectivity index (χ4n) is 6.43. The van der Waals surface area contributed by atoms with Gasteiger partial charge in [0, 0.05) is 33.8 Å². The van der Waals surface area contributed by atoms with Gasteiger partial charge in [-0.25, -0.2) is 14.2 Å². The molecule has 2 heterocycles. The number of amides is 1. The van der Waals surface area contributed by atoms with Crippen LogP contribution < -0.4 is 16.8 Å². The van der Waals surface area contributed by atoms with Crippen LogP contribution in [0.1, 0.15) is 43.0 Å². The maximum atomic E-state index is 13.9. The van der Waals surface area contributed by atoms with Gasteiger partial charge in [-0.15, -0.1) is 0 Å². The van der Waals surface area contributed by atoms with E-state index in [-0.39, 0.29) is 18.0 Å². The molecule has 6 aromatic rings. The zero-order chi connectivity index (χ0) is 37.3. The summed E-state index contributed by atoms with van der Waals surface area (Å²) in [6.45, 7) is 1.62. The number of esters is 1. The molecule has 52 heavy (non-hydrogen) atoms. The number of aromatic amines is 1. The number of carbonyl (C=O) groups excluding carboxylic acids is 2. The van der Waals surface area contributed by atoms with Crippen LogP contribution in [0.25, 0.3) is 49.9 Å². The van der Waals surface area contributed by atoms with E-state index in [1.807, 2.05) is 36.4 Å². The van der Waals surface area contributed by atoms with Crippen LogP contribution in [0.4, 0.5) is 23.2 Å². The molecule has 270 valence electrons. The van der Waals surface area contributed by atoms with Crippen LogP contribution in [0.2, 0.25) is 0 Å². The van der Waals surface area contributed by atoms with Gasteiger partial charge < -0.3 is 36.2 Å². The van der Waals surface area contributed by atoms with E-state index in [9.17, 15) is 27.2 Å². The number of imidazole rings is 1. The molecule has 0 bridgehead atoms. The smallest absolute Gasteiger partial charge is 0.475 e. The molecule has 1 saturated carbocycles. The van der Waals surface area contributed by atoms with Crippen LogP contribution in [-0.2, 0) is 14.3 Å². The Labute approximate surface area is 293 Å². The second-order valence-electron chi connectivity index (χ2n) is 12.5. The lowest BCUT2D eigenvalue weighted by Gasteiger charge is -2.30. The quantitative estimate of drug-likeness (QED) is 0.0883. The van der Waals surface area contributed by atoms with Crippen molar-refractivity contribution in [1.82, 2.24) is 14.5 Å². The third-order valence-electron chi connectivity index (χ3n) is 8.85. The molecule has 7 rings (SSSR count). The number of benzene rings is 4. The number of para-hydroxylation sites is 1. The molecule has 1 atom stereocenters. The van der Waals surface area contributed by atoms with Crippen molar-refractivity contribution < 1.29 is 41.8 Å². The first-order valence-electron chi connectivity index (χ1n) is 16.4. The van der Waals surface area contributed by atoms with Crippen molar-refractivity contribution in [3.63, 3.8) is 0 Å². The van der Waals surface area contributed by atoms with Crippen molar-refractivity contribution in [1.29, 1.82) is 0 Å². The average Bonchev–Trinajstić information content (AvgIpc) is 3.67. The zero-order valence-corrected chi connectivity index (χ0v) is 27.7. The number of rotatable bonds is 7. The molecule has 11 nitrogen and oxygen atoms in total. The standard InChI is InChI=1S/C35H33FN6O3.C2HF3O2/c1-19(37)35(44)45-23-13-10-21(11-14-23)39-28-18-22(12-15-24(28)33(38)43)42-30-7-3-2-5-25(30)32-26(6-4-8-31(32)42)34-40-27-16-9-20(36)17-29(27)41-34;3-2(4,5)1(6)7/h2-9,12,15-19,21,23,39H,10-11,13-14,37H2,1H3,(H2,38,43)(H,40,41);(H,6,7)/t19-,21?,23?;/m0./s1. The number of nitrogens with one attached hydrogen (secondary N) is 2. The number of carboxylic acid groups (broad SMARTS) is 1. The number of aromatic nitrogens is 3. The molecule has 1 aliphatic rings. The average molecular weight is 719 g/mol. The second kappa shape index (κ2) is 14.3. The lowest BCUT2D eigenvalue weighted by atomic mass is 9.92. The van der Waals surface area contributed by atoms with Crippen LogP contribution in [0.5, 0.6) is 0 Å². The van der Waals surface area contributed by atoms with Gasteiger partial charge in [0.15, 0.2) is 0 Å². The van der Waals surface area contributed by atoms with Gasteiger partial charge in [0.05, 0.1) is 27.6 Å². The lowest BCUT2D eigenvalue weighted by Crippen LogP contribution is -2.36. The van der Waals surface area contributed by atoms with E-state index >= 15 is 0 Å². The molecular formula is C37H34F4N6O5. The number of primary amides is 1. The Kier molecular flexibility index (Phi) is 9.89. The fraction of sp³-hybridized carbons (Fsp3) is 0.243. The summed E-state index contributed by atoms with van der Waals surface area (Å²) in [6.07, 6.45) is -2.32. The first kappa shape index (κ1) is 35.9. The zero-order valence-electron chi connectivity index (χ0n) is 27.7. The highest BCUT2D eigenvalue weighted by Gasteiger charge is 2.38. The van der Waals surface area contributed by atoms with E-state index in [0.29, 0.717) is 41.0 Å². The maximum Gasteiger partial charge on any atom is 0.490 e. The van der Waals surface area contributed by atoms with Gasteiger partial charge in [0.2, 0.25) is 0 Å². The van der Waals surface area contributed by atoms with E-state index in [0.717, 1.165) is 45.9 Å². The molecule has 0 aliphatic heterocycles. The summed E-state index contributed by atoms with van der Waals surface area (Å²) in [4.78, 5) is 41.4. The van der Waals surface area contributed by atoms with E-state index < -0.39 is 30.1 Å². The predicted molar refractivity (Wildman–Crippen MR) is 187 cm³/mol. The monoisotopic (exact) mass is 718 g/mol. The van der Waals surface area contributed by atoms with Crippen LogP contribution in [0, 0.1) is 5.82 Å². The summed E-state index contributed by atoms with van der Waals surface area (Å²) in [5.41, 5.74) is 17.5. The number of halogens is 4. The molecule has 0 spiro atoms. The Bertz CT molecular complexity index is 2310. The van der Waals surface area contributed by atoms with E-state index in [1.54, 1.807) is 19.1 Å². The Morgan fingerprint density at radius 3 is 2.35 bits per heavy atom. The summed E-state index contributed by atoms with van der Waals surface area (Å²) in [7, 11) is 0. The van der Waals surface area contributed by atoms with E-state index in [1.165, 1.54) is 12.1 Å². The molecule has 4 aromatic carbocycles. The van der Waals surface area contributed by atoms with Gasteiger partial charge in [-0.05, 0) is 81.1 Å². The van der Waals surface area contributed by atoms with Gasteiger partial charge in [-0.2, -0.15) is 13.2 Å². The van der Waals surface area contributed by atoms with Crippen LogP contribution in [0.15, 0.2) is 78.9 Å². The first-order valence-corrected chi connectivity index (χ1v) is 16.4. The Morgan fingerprint density at radius 1 is 0.981 bits per heavy atom. The molecule has 0 radical (unpaired) electrons. The van der Waals surface area contributed by atoms with Gasteiger partial charge in [0.25, 0.3) is 5.91 Å². The topological polar surface area (TPSA) is 178 Å². The molecule has 1 fully saturated rings. The third kappa shape index (κ3) is 7.39. The summed E-state index contributed by atoms with van der Waals surface area (Å²) in [5.74, 6) is -3.34. The number of anilines is 1. The molecular weight excluding hydrogens is 684 g/mol. The van der Waals surface area contributed by atoms with Crippen LogP contribution in [-0.4, -0.2) is 61.9 Å². The van der Waals surface area contributed by atoms with Crippen molar-refractivity contribution in [2.24, 2.45) is 11.5 Å². The van der Waals surface area contributed by atoms with Crippen LogP contribution >= 0.6 is 0 Å². The number of hydrogen-bond donors (Lipinski definition) is 5. The van der Waals surface area contributed by atoms with Crippen molar-refractivity contribution >= 4 is 56.4 Å². The Hall–Kier alpha value is -5.96. The molecule has 1 amide bonds. The normalized spacial score (nSPS) is 16.7. The number of carbonyl (C=O) groups is 3.